The number of nitrogens with two attached hydrogens (primary N) is 1. The molecule has 0 spiro atoms. The molecule has 2 rings (SSSR count). The molecule has 5 heteroatoms. The number of hydrogen-bond acceptors (Lipinski definition) is 4. The average Bonchev–Trinajstić information content (AvgIpc) is 2.79. The molecule has 16 heavy (non-hydrogen) atoms. The maximum atomic E-state index is 7.46. The molecule has 1 aromatic rings. The van der Waals surface area contributed by atoms with Gasteiger partial charge in [-0.1, -0.05) is 12.8 Å². The van der Waals surface area contributed by atoms with Gasteiger partial charge in [-0.25, -0.2) is 0 Å². The van der Waals surface area contributed by atoms with Crippen LogP contribution in [0.15, 0.2) is 17.3 Å². The van der Waals surface area contributed by atoms with Gasteiger partial charge in [-0.05, 0) is 24.8 Å². The van der Waals surface area contributed by atoms with Crippen LogP contribution in [0.4, 0.5) is 0 Å². The van der Waals surface area contributed by atoms with Gasteiger partial charge in [0.1, 0.15) is 10.9 Å². The van der Waals surface area contributed by atoms with Crippen molar-refractivity contribution in [1.82, 2.24) is 10.2 Å². The quantitative estimate of drug-likeness (QED) is 0.476. The fraction of sp³-hybridized carbons (Fsp3) is 0.545. The topological polar surface area (TPSA) is 75.7 Å². The Morgan fingerprint density at radius 3 is 2.94 bits per heavy atom. The summed E-state index contributed by atoms with van der Waals surface area (Å²) in [5, 5.41) is 16.2. The van der Waals surface area contributed by atoms with Crippen LogP contribution >= 0.6 is 11.8 Å². The van der Waals surface area contributed by atoms with Crippen LogP contribution in [-0.2, 0) is 0 Å². The second-order valence-corrected chi connectivity index (χ2v) is 5.13. The highest BCUT2D eigenvalue weighted by molar-refractivity contribution is 7.99. The molecular formula is C11H16N4S. The Morgan fingerprint density at radius 2 is 2.25 bits per heavy atom. The molecule has 0 aliphatic heterocycles. The van der Waals surface area contributed by atoms with Crippen molar-refractivity contribution in [1.29, 1.82) is 5.41 Å². The predicted octanol–water partition coefficient (Wildman–Crippen LogP) is 2.04. The Labute approximate surface area is 99.5 Å². The lowest BCUT2D eigenvalue weighted by Crippen LogP contribution is -2.13. The van der Waals surface area contributed by atoms with E-state index in [1.807, 2.05) is 0 Å². The molecule has 0 bridgehead atoms. The fourth-order valence-electron chi connectivity index (χ4n) is 2.00. The molecule has 1 aliphatic carbocycles. The molecule has 1 fully saturated rings. The molecule has 0 aromatic carbocycles. The zero-order chi connectivity index (χ0) is 11.4. The van der Waals surface area contributed by atoms with E-state index in [1.54, 1.807) is 24.0 Å². The zero-order valence-electron chi connectivity index (χ0n) is 9.15. The normalized spacial score (nSPS) is 16.5. The zero-order valence-corrected chi connectivity index (χ0v) is 9.96. The van der Waals surface area contributed by atoms with Gasteiger partial charge in [0.05, 0.1) is 11.8 Å². The lowest BCUT2D eigenvalue weighted by Gasteiger charge is -2.09. The monoisotopic (exact) mass is 236 g/mol. The van der Waals surface area contributed by atoms with Crippen LogP contribution in [0, 0.1) is 11.3 Å². The van der Waals surface area contributed by atoms with Crippen molar-refractivity contribution >= 4 is 17.6 Å². The molecule has 0 unspecified atom stereocenters. The summed E-state index contributed by atoms with van der Waals surface area (Å²) >= 11 is 1.68. The number of rotatable bonds is 4. The SMILES string of the molecule is N=C(N)c1ccnnc1SCC1CCCC1. The maximum Gasteiger partial charge on any atom is 0.130 e. The van der Waals surface area contributed by atoms with Gasteiger partial charge in [-0.15, -0.1) is 16.9 Å². The standard InChI is InChI=1S/C11H16N4S/c12-10(13)9-5-6-14-15-11(9)16-7-8-3-1-2-4-8/h5-6,8H,1-4,7H2,(H3,12,13). The Kier molecular flexibility index (Phi) is 3.77. The summed E-state index contributed by atoms with van der Waals surface area (Å²) in [6.07, 6.45) is 6.93. The predicted molar refractivity (Wildman–Crippen MR) is 65.7 cm³/mol. The Hall–Kier alpha value is -1.10. The molecule has 1 heterocycles. The second-order valence-electron chi connectivity index (χ2n) is 4.13. The summed E-state index contributed by atoms with van der Waals surface area (Å²) in [7, 11) is 0. The van der Waals surface area contributed by atoms with Crippen LogP contribution in [-0.4, -0.2) is 21.8 Å². The number of amidine groups is 1. The van der Waals surface area contributed by atoms with Crippen LogP contribution in [0.5, 0.6) is 0 Å². The van der Waals surface area contributed by atoms with Gasteiger partial charge in [0.2, 0.25) is 0 Å². The van der Waals surface area contributed by atoms with Crippen LogP contribution < -0.4 is 5.73 Å². The third-order valence-corrected chi connectivity index (χ3v) is 4.12. The minimum Gasteiger partial charge on any atom is -0.384 e. The van der Waals surface area contributed by atoms with Crippen molar-refractivity contribution in [2.75, 3.05) is 5.75 Å². The average molecular weight is 236 g/mol. The Morgan fingerprint density at radius 1 is 1.50 bits per heavy atom. The van der Waals surface area contributed by atoms with E-state index in [0.717, 1.165) is 16.7 Å². The molecule has 1 aliphatic rings. The lowest BCUT2D eigenvalue weighted by atomic mass is 10.1. The first kappa shape index (κ1) is 11.4. The molecule has 3 N–H and O–H groups in total. The Bertz CT molecular complexity index is 374. The number of nitrogens with zero attached hydrogens (tertiary/aromatic N) is 2. The van der Waals surface area contributed by atoms with Crippen LogP contribution in [0.2, 0.25) is 0 Å². The summed E-state index contributed by atoms with van der Waals surface area (Å²) in [6, 6.07) is 1.76. The number of nitrogen functional groups attached to an aromatic ring is 1. The highest BCUT2D eigenvalue weighted by atomic mass is 32.2. The molecule has 0 atom stereocenters. The van der Waals surface area contributed by atoms with Crippen molar-refractivity contribution in [3.05, 3.63) is 17.8 Å². The van der Waals surface area contributed by atoms with Gasteiger partial charge in [0, 0.05) is 5.75 Å². The third kappa shape index (κ3) is 2.72. The van der Waals surface area contributed by atoms with Gasteiger partial charge in [-0.3, -0.25) is 5.41 Å². The lowest BCUT2D eigenvalue weighted by molar-refractivity contribution is 0.622. The van der Waals surface area contributed by atoms with Gasteiger partial charge < -0.3 is 5.73 Å². The first-order chi connectivity index (χ1) is 7.77. The molecule has 0 radical (unpaired) electrons. The second kappa shape index (κ2) is 5.30. The highest BCUT2D eigenvalue weighted by Gasteiger charge is 2.16. The number of aromatic nitrogens is 2. The number of thioether (sulfide) groups is 1. The summed E-state index contributed by atoms with van der Waals surface area (Å²) < 4.78 is 0. The van der Waals surface area contributed by atoms with Crippen molar-refractivity contribution in [3.8, 4) is 0 Å². The van der Waals surface area contributed by atoms with E-state index < -0.39 is 0 Å². The van der Waals surface area contributed by atoms with Gasteiger partial charge in [0.25, 0.3) is 0 Å². The fourth-order valence-corrected chi connectivity index (χ4v) is 3.17. The molecule has 1 saturated carbocycles. The Balaban J connectivity index is 2.00. The van der Waals surface area contributed by atoms with Gasteiger partial charge >= 0.3 is 0 Å². The summed E-state index contributed by atoms with van der Waals surface area (Å²) in [4.78, 5) is 0. The van der Waals surface area contributed by atoms with E-state index in [2.05, 4.69) is 10.2 Å². The first-order valence-electron chi connectivity index (χ1n) is 5.56. The number of hydrogen-bond donors (Lipinski definition) is 2. The number of nitrogens with one attached hydrogen (secondary N) is 1. The van der Waals surface area contributed by atoms with E-state index in [9.17, 15) is 0 Å². The smallest absolute Gasteiger partial charge is 0.130 e. The van der Waals surface area contributed by atoms with Crippen molar-refractivity contribution < 1.29 is 0 Å². The van der Waals surface area contributed by atoms with Crippen LogP contribution in [0.3, 0.4) is 0 Å². The van der Waals surface area contributed by atoms with E-state index in [-0.39, 0.29) is 5.84 Å². The van der Waals surface area contributed by atoms with E-state index in [1.165, 1.54) is 25.7 Å². The molecular weight excluding hydrogens is 220 g/mol. The van der Waals surface area contributed by atoms with E-state index >= 15 is 0 Å². The first-order valence-corrected chi connectivity index (χ1v) is 6.55. The largest absolute Gasteiger partial charge is 0.384 e. The summed E-state index contributed by atoms with van der Waals surface area (Å²) in [6.45, 7) is 0. The van der Waals surface area contributed by atoms with E-state index in [0.29, 0.717) is 5.56 Å². The van der Waals surface area contributed by atoms with Crippen molar-refractivity contribution in [3.63, 3.8) is 0 Å². The molecule has 1 aromatic heterocycles. The summed E-state index contributed by atoms with van der Waals surface area (Å²) in [5.74, 6) is 1.94. The molecule has 0 amide bonds. The van der Waals surface area contributed by atoms with Gasteiger partial charge in [0.15, 0.2) is 0 Å². The molecule has 86 valence electrons. The third-order valence-electron chi connectivity index (χ3n) is 2.91. The van der Waals surface area contributed by atoms with Gasteiger partial charge in [-0.2, -0.15) is 5.10 Å². The van der Waals surface area contributed by atoms with Crippen LogP contribution in [0.1, 0.15) is 31.2 Å². The van der Waals surface area contributed by atoms with Crippen molar-refractivity contribution in [2.45, 2.75) is 30.7 Å². The molecule has 0 saturated heterocycles. The minimum absolute atomic E-state index is 0.0730. The highest BCUT2D eigenvalue weighted by Crippen LogP contribution is 2.30. The molecule has 4 nitrogen and oxygen atoms in total. The maximum absolute atomic E-state index is 7.46. The van der Waals surface area contributed by atoms with Crippen molar-refractivity contribution in [2.24, 2.45) is 11.7 Å². The van der Waals surface area contributed by atoms with E-state index in [4.69, 9.17) is 11.1 Å². The minimum atomic E-state index is 0.0730. The summed E-state index contributed by atoms with van der Waals surface area (Å²) in [5.41, 5.74) is 6.21. The van der Waals surface area contributed by atoms with Crippen LogP contribution in [0.25, 0.3) is 0 Å².